The quantitative estimate of drug-likeness (QED) is 0.578. The maximum atomic E-state index is 12.4. The molecule has 2 aliphatic rings. The number of halogens is 2. The molecule has 1 unspecified atom stereocenters. The summed E-state index contributed by atoms with van der Waals surface area (Å²) in [6.45, 7) is 3.14. The molecule has 0 aromatic heterocycles. The van der Waals surface area contributed by atoms with E-state index in [1.165, 1.54) is 11.9 Å². The maximum absolute atomic E-state index is 12.4. The Morgan fingerprint density at radius 3 is 2.68 bits per heavy atom. The van der Waals surface area contributed by atoms with Gasteiger partial charge in [-0.25, -0.2) is 4.79 Å². The molecule has 1 spiro atoms. The fraction of sp³-hybridized carbons (Fsp3) is 0.471. The zero-order valence-electron chi connectivity index (χ0n) is 13.7. The summed E-state index contributed by atoms with van der Waals surface area (Å²) in [5, 5.41) is 0.928. The highest BCUT2D eigenvalue weighted by Crippen LogP contribution is 2.41. The molecule has 1 fully saturated rings. The standard InChI is InChI=1S/C17H19Cl2NO4S/c1-2-22-16(21)11-10-17(23-8-9-24-17)7-6-14(11)25-20-15-12(18)4-3-5-13(15)19/h3-5,10,14,20H,2,6-9H2,1H3. The smallest absolute Gasteiger partial charge is 0.335 e. The van der Waals surface area contributed by atoms with Crippen molar-refractivity contribution >= 4 is 46.8 Å². The van der Waals surface area contributed by atoms with Crippen molar-refractivity contribution in [3.8, 4) is 0 Å². The van der Waals surface area contributed by atoms with Gasteiger partial charge in [-0.2, -0.15) is 0 Å². The van der Waals surface area contributed by atoms with E-state index in [-0.39, 0.29) is 11.2 Å². The van der Waals surface area contributed by atoms with E-state index < -0.39 is 5.79 Å². The number of rotatable bonds is 5. The molecule has 0 saturated carbocycles. The number of nitrogens with one attached hydrogen (secondary N) is 1. The third-order valence-corrected chi connectivity index (χ3v) is 5.76. The first-order valence-electron chi connectivity index (χ1n) is 8.08. The third-order valence-electron chi connectivity index (χ3n) is 4.03. The largest absolute Gasteiger partial charge is 0.463 e. The fourth-order valence-electron chi connectivity index (χ4n) is 2.84. The predicted molar refractivity (Wildman–Crippen MR) is 100 cm³/mol. The van der Waals surface area contributed by atoms with Gasteiger partial charge in [0.05, 0.1) is 46.4 Å². The highest BCUT2D eigenvalue weighted by Gasteiger charge is 2.42. The van der Waals surface area contributed by atoms with Crippen LogP contribution in [0.5, 0.6) is 0 Å². The predicted octanol–water partition coefficient (Wildman–Crippen LogP) is 4.45. The molecule has 5 nitrogen and oxygen atoms in total. The molecule has 1 aliphatic heterocycles. The first kappa shape index (κ1) is 18.9. The van der Waals surface area contributed by atoms with Crippen LogP contribution >= 0.6 is 35.1 Å². The molecule has 8 heteroatoms. The molecule has 25 heavy (non-hydrogen) atoms. The van der Waals surface area contributed by atoms with Crippen molar-refractivity contribution in [1.29, 1.82) is 0 Å². The number of benzene rings is 1. The Bertz CT molecular complexity index is 656. The summed E-state index contributed by atoms with van der Waals surface area (Å²) in [7, 11) is 0. The highest BCUT2D eigenvalue weighted by molar-refractivity contribution is 8.01. The minimum Gasteiger partial charge on any atom is -0.463 e. The maximum Gasteiger partial charge on any atom is 0.335 e. The van der Waals surface area contributed by atoms with Crippen LogP contribution in [0, 0.1) is 0 Å². The average Bonchev–Trinajstić information content (AvgIpc) is 3.04. The van der Waals surface area contributed by atoms with E-state index in [2.05, 4.69) is 4.72 Å². The van der Waals surface area contributed by atoms with Gasteiger partial charge in [-0.05, 0) is 43.5 Å². The van der Waals surface area contributed by atoms with Crippen molar-refractivity contribution in [2.75, 3.05) is 24.5 Å². The Balaban J connectivity index is 1.78. The Labute approximate surface area is 161 Å². The number of hydrogen-bond donors (Lipinski definition) is 1. The molecule has 136 valence electrons. The monoisotopic (exact) mass is 403 g/mol. The van der Waals surface area contributed by atoms with Gasteiger partial charge in [0.15, 0.2) is 5.79 Å². The number of esters is 1. The molecule has 0 bridgehead atoms. The van der Waals surface area contributed by atoms with E-state index in [0.29, 0.717) is 54.0 Å². The van der Waals surface area contributed by atoms with Crippen LogP contribution in [0.3, 0.4) is 0 Å². The van der Waals surface area contributed by atoms with E-state index in [9.17, 15) is 4.79 Å². The fourth-order valence-corrected chi connectivity index (χ4v) is 4.45. The zero-order chi connectivity index (χ0) is 17.9. The molecule has 1 atom stereocenters. The van der Waals surface area contributed by atoms with E-state index in [4.69, 9.17) is 37.4 Å². The second kappa shape index (κ2) is 8.18. The van der Waals surface area contributed by atoms with Gasteiger partial charge < -0.3 is 18.9 Å². The van der Waals surface area contributed by atoms with Crippen molar-refractivity contribution in [1.82, 2.24) is 0 Å². The first-order valence-corrected chi connectivity index (χ1v) is 9.71. The van der Waals surface area contributed by atoms with Crippen LogP contribution in [-0.4, -0.2) is 36.8 Å². The molecule has 0 amide bonds. The first-order chi connectivity index (χ1) is 12.0. The van der Waals surface area contributed by atoms with Crippen molar-refractivity contribution in [3.63, 3.8) is 0 Å². The lowest BCUT2D eigenvalue weighted by atomic mass is 9.94. The summed E-state index contributed by atoms with van der Waals surface area (Å²) in [6, 6.07) is 5.30. The van der Waals surface area contributed by atoms with Crippen LogP contribution in [0.4, 0.5) is 5.69 Å². The molecule has 1 N–H and O–H groups in total. The van der Waals surface area contributed by atoms with E-state index in [1.807, 2.05) is 0 Å². The van der Waals surface area contributed by atoms with Crippen LogP contribution in [0.15, 0.2) is 29.8 Å². The van der Waals surface area contributed by atoms with Crippen molar-refractivity contribution in [2.24, 2.45) is 0 Å². The number of anilines is 1. The van der Waals surface area contributed by atoms with Crippen molar-refractivity contribution < 1.29 is 19.0 Å². The number of hydrogen-bond acceptors (Lipinski definition) is 6. The third kappa shape index (κ3) is 4.26. The summed E-state index contributed by atoms with van der Waals surface area (Å²) < 4.78 is 19.8. The molecule has 1 aromatic carbocycles. The highest BCUT2D eigenvalue weighted by atomic mass is 35.5. The summed E-state index contributed by atoms with van der Waals surface area (Å²) in [5.41, 5.74) is 1.17. The Morgan fingerprint density at radius 1 is 1.36 bits per heavy atom. The van der Waals surface area contributed by atoms with E-state index in [1.54, 1.807) is 31.2 Å². The van der Waals surface area contributed by atoms with Gasteiger partial charge in [0.2, 0.25) is 0 Å². The summed E-state index contributed by atoms with van der Waals surface area (Å²) in [5.74, 6) is -1.16. The van der Waals surface area contributed by atoms with Gasteiger partial charge in [-0.1, -0.05) is 29.3 Å². The lowest BCUT2D eigenvalue weighted by Gasteiger charge is -2.33. The van der Waals surface area contributed by atoms with Crippen LogP contribution in [0.1, 0.15) is 19.8 Å². The van der Waals surface area contributed by atoms with Gasteiger partial charge in [-0.15, -0.1) is 0 Å². The van der Waals surface area contributed by atoms with E-state index in [0.717, 1.165) is 0 Å². The molecule has 1 saturated heterocycles. The SMILES string of the molecule is CCOC(=O)C1=CC2(CCC1SNc1c(Cl)cccc1Cl)OCCO2. The lowest BCUT2D eigenvalue weighted by Crippen LogP contribution is -2.36. The molecule has 0 radical (unpaired) electrons. The topological polar surface area (TPSA) is 56.8 Å². The summed E-state index contributed by atoms with van der Waals surface area (Å²) in [6.07, 6.45) is 3.13. The minimum absolute atomic E-state index is 0.121. The number of carbonyl (C=O) groups excluding carboxylic acids is 1. The van der Waals surface area contributed by atoms with Gasteiger partial charge in [0.25, 0.3) is 0 Å². The van der Waals surface area contributed by atoms with Crippen molar-refractivity contribution in [2.45, 2.75) is 30.8 Å². The van der Waals surface area contributed by atoms with Crippen LogP contribution in [0.2, 0.25) is 10.0 Å². The zero-order valence-corrected chi connectivity index (χ0v) is 16.0. The summed E-state index contributed by atoms with van der Waals surface area (Å²) in [4.78, 5) is 12.4. The van der Waals surface area contributed by atoms with Gasteiger partial charge >= 0.3 is 5.97 Å². The van der Waals surface area contributed by atoms with Crippen LogP contribution < -0.4 is 4.72 Å². The van der Waals surface area contributed by atoms with Crippen molar-refractivity contribution in [3.05, 3.63) is 39.9 Å². The second-order valence-corrected chi connectivity index (χ2v) is 7.50. The molecule has 1 aliphatic carbocycles. The molecule has 3 rings (SSSR count). The lowest BCUT2D eigenvalue weighted by molar-refractivity contribution is -0.142. The minimum atomic E-state index is -0.804. The van der Waals surface area contributed by atoms with Gasteiger partial charge in [0, 0.05) is 6.42 Å². The van der Waals surface area contributed by atoms with E-state index >= 15 is 0 Å². The van der Waals surface area contributed by atoms with Gasteiger partial charge in [-0.3, -0.25) is 0 Å². The molecule has 1 heterocycles. The Kier molecular flexibility index (Phi) is 6.17. The van der Waals surface area contributed by atoms with Gasteiger partial charge in [0.1, 0.15) is 0 Å². The Morgan fingerprint density at radius 2 is 2.04 bits per heavy atom. The second-order valence-electron chi connectivity index (χ2n) is 5.67. The number of carbonyl (C=O) groups is 1. The number of ether oxygens (including phenoxy) is 3. The molecular weight excluding hydrogens is 385 g/mol. The average molecular weight is 404 g/mol. The number of para-hydroxylation sites is 1. The van der Waals surface area contributed by atoms with Crippen LogP contribution in [0.25, 0.3) is 0 Å². The summed E-state index contributed by atoms with van der Waals surface area (Å²) >= 11 is 13.8. The van der Waals surface area contributed by atoms with Crippen LogP contribution in [-0.2, 0) is 19.0 Å². The normalized spacial score (nSPS) is 21.9. The molecule has 1 aromatic rings. The molecular formula is C17H19Cl2NO4S. The Hall–Kier alpha value is -0.920.